The van der Waals surface area contributed by atoms with Crippen LogP contribution >= 0.6 is 0 Å². The standard InChI is InChI=1S/C9H10O4S2/c10-6-1-2-8-9(5-7(6)13-8)14(11)3-4-15(9)12/h1-2,7-8H,3-5H2/t7-,8-,14+,15+/m1/s1. The number of hydrogen-bond donors (Lipinski definition) is 0. The van der Waals surface area contributed by atoms with E-state index in [2.05, 4.69) is 0 Å². The fourth-order valence-corrected chi connectivity index (χ4v) is 7.09. The molecule has 0 amide bonds. The molecule has 0 aromatic carbocycles. The number of ether oxygens (including phenoxy) is 1. The second-order valence-electron chi connectivity index (χ2n) is 3.92. The molecule has 0 aliphatic carbocycles. The van der Waals surface area contributed by atoms with Crippen LogP contribution in [0.1, 0.15) is 6.42 Å². The van der Waals surface area contributed by atoms with Gasteiger partial charge in [-0.15, -0.1) is 0 Å². The molecule has 0 aromatic heterocycles. The van der Waals surface area contributed by atoms with Crippen molar-refractivity contribution in [2.24, 2.45) is 0 Å². The highest BCUT2D eigenvalue weighted by Crippen LogP contribution is 2.45. The molecule has 3 rings (SSSR count). The Bertz CT molecular complexity index is 398. The molecule has 3 aliphatic heterocycles. The summed E-state index contributed by atoms with van der Waals surface area (Å²) in [6, 6.07) is 0. The van der Waals surface area contributed by atoms with Crippen LogP contribution in [0.15, 0.2) is 12.2 Å². The Labute approximate surface area is 92.0 Å². The fraction of sp³-hybridized carbons (Fsp3) is 0.667. The zero-order valence-electron chi connectivity index (χ0n) is 7.88. The summed E-state index contributed by atoms with van der Waals surface area (Å²) >= 11 is 0. The van der Waals surface area contributed by atoms with E-state index in [9.17, 15) is 13.2 Å². The summed E-state index contributed by atoms with van der Waals surface area (Å²) in [5.41, 5.74) is 0. The van der Waals surface area contributed by atoms with Gasteiger partial charge < -0.3 is 4.74 Å². The molecule has 0 N–H and O–H groups in total. The summed E-state index contributed by atoms with van der Waals surface area (Å²) in [6.07, 6.45) is 2.52. The third-order valence-electron chi connectivity index (χ3n) is 3.19. The maximum Gasteiger partial charge on any atom is 0.184 e. The summed E-state index contributed by atoms with van der Waals surface area (Å²) in [5, 5.41) is 0. The van der Waals surface area contributed by atoms with Crippen LogP contribution in [-0.4, -0.2) is 42.0 Å². The van der Waals surface area contributed by atoms with Crippen molar-refractivity contribution in [1.82, 2.24) is 0 Å². The van der Waals surface area contributed by atoms with Gasteiger partial charge in [0.2, 0.25) is 0 Å². The van der Waals surface area contributed by atoms with Crippen molar-refractivity contribution in [3.05, 3.63) is 12.2 Å². The Morgan fingerprint density at radius 3 is 2.60 bits per heavy atom. The number of ketones is 1. The molecule has 0 unspecified atom stereocenters. The van der Waals surface area contributed by atoms with E-state index < -0.39 is 37.9 Å². The number of hydrogen-bond acceptors (Lipinski definition) is 4. The summed E-state index contributed by atoms with van der Waals surface area (Å²) < 4.78 is 28.6. The molecule has 4 nitrogen and oxygen atoms in total. The Morgan fingerprint density at radius 2 is 2.00 bits per heavy atom. The molecule has 15 heavy (non-hydrogen) atoms. The van der Waals surface area contributed by atoms with E-state index >= 15 is 0 Å². The van der Waals surface area contributed by atoms with Crippen molar-refractivity contribution in [3.63, 3.8) is 0 Å². The highest BCUT2D eigenvalue weighted by Gasteiger charge is 2.61. The van der Waals surface area contributed by atoms with Crippen molar-refractivity contribution in [2.75, 3.05) is 11.5 Å². The van der Waals surface area contributed by atoms with Crippen LogP contribution in [0.25, 0.3) is 0 Å². The van der Waals surface area contributed by atoms with Crippen LogP contribution in [-0.2, 0) is 31.1 Å². The van der Waals surface area contributed by atoms with Gasteiger partial charge in [-0.2, -0.15) is 0 Å². The van der Waals surface area contributed by atoms with Crippen LogP contribution in [0.3, 0.4) is 0 Å². The van der Waals surface area contributed by atoms with Gasteiger partial charge in [0.1, 0.15) is 12.2 Å². The molecule has 2 bridgehead atoms. The highest BCUT2D eigenvalue weighted by atomic mass is 32.3. The summed E-state index contributed by atoms with van der Waals surface area (Å²) in [6.45, 7) is 0. The predicted molar refractivity (Wildman–Crippen MR) is 56.2 cm³/mol. The van der Waals surface area contributed by atoms with Crippen molar-refractivity contribution in [2.45, 2.75) is 22.7 Å². The normalized spacial score (nSPS) is 46.5. The SMILES string of the molecule is O=C1C=C[C@H]2O[C@@H]1CC21[S@@](=O)CC[S@@]1=O. The first-order valence-corrected chi connectivity index (χ1v) is 7.43. The van der Waals surface area contributed by atoms with Gasteiger partial charge in [-0.3, -0.25) is 13.2 Å². The van der Waals surface area contributed by atoms with Crippen LogP contribution in [0.2, 0.25) is 0 Å². The van der Waals surface area contributed by atoms with Crippen LogP contribution < -0.4 is 0 Å². The Balaban J connectivity index is 2.09. The van der Waals surface area contributed by atoms with E-state index in [1.54, 1.807) is 6.08 Å². The topological polar surface area (TPSA) is 60.4 Å². The molecule has 2 fully saturated rings. The Morgan fingerprint density at radius 1 is 1.33 bits per heavy atom. The van der Waals surface area contributed by atoms with E-state index in [1.807, 2.05) is 0 Å². The minimum Gasteiger partial charge on any atom is -0.360 e. The second kappa shape index (κ2) is 3.09. The Kier molecular flexibility index (Phi) is 2.03. The lowest BCUT2D eigenvalue weighted by molar-refractivity contribution is -0.125. The summed E-state index contributed by atoms with van der Waals surface area (Å²) in [5.74, 6) is 0.826. The monoisotopic (exact) mass is 246 g/mol. The van der Waals surface area contributed by atoms with Crippen LogP contribution in [0.4, 0.5) is 0 Å². The summed E-state index contributed by atoms with van der Waals surface area (Å²) in [4.78, 5) is 11.4. The highest BCUT2D eigenvalue weighted by molar-refractivity contribution is 8.07. The Hall–Kier alpha value is -0.330. The number of fused-ring (bicyclic) bond motifs is 3. The smallest absolute Gasteiger partial charge is 0.184 e. The zero-order chi connectivity index (χ0) is 10.6. The van der Waals surface area contributed by atoms with Crippen molar-refractivity contribution in [3.8, 4) is 0 Å². The van der Waals surface area contributed by atoms with E-state index in [1.165, 1.54) is 6.08 Å². The third kappa shape index (κ3) is 1.13. The van der Waals surface area contributed by atoms with Gasteiger partial charge in [-0.05, 0) is 12.2 Å². The average Bonchev–Trinajstić information content (AvgIpc) is 2.69. The molecular formula is C9H10O4S2. The maximum absolute atomic E-state index is 12.0. The number of rotatable bonds is 0. The molecule has 82 valence electrons. The first-order chi connectivity index (χ1) is 7.14. The lowest BCUT2D eigenvalue weighted by Crippen LogP contribution is -2.41. The van der Waals surface area contributed by atoms with Gasteiger partial charge in [0, 0.05) is 39.5 Å². The average molecular weight is 246 g/mol. The van der Waals surface area contributed by atoms with Gasteiger partial charge in [0.25, 0.3) is 0 Å². The second-order valence-corrected chi connectivity index (χ2v) is 7.84. The molecule has 4 atom stereocenters. The van der Waals surface area contributed by atoms with Crippen molar-refractivity contribution in [1.29, 1.82) is 0 Å². The largest absolute Gasteiger partial charge is 0.360 e. The van der Waals surface area contributed by atoms with Crippen LogP contribution in [0, 0.1) is 0 Å². The van der Waals surface area contributed by atoms with Crippen molar-refractivity contribution >= 4 is 27.4 Å². The van der Waals surface area contributed by atoms with E-state index in [0.29, 0.717) is 17.9 Å². The zero-order valence-corrected chi connectivity index (χ0v) is 9.51. The minimum atomic E-state index is -1.14. The molecule has 0 radical (unpaired) electrons. The van der Waals surface area contributed by atoms with E-state index in [-0.39, 0.29) is 5.78 Å². The van der Waals surface area contributed by atoms with E-state index in [0.717, 1.165) is 0 Å². The van der Waals surface area contributed by atoms with Gasteiger partial charge >= 0.3 is 0 Å². The van der Waals surface area contributed by atoms with Gasteiger partial charge in [0.05, 0.1) is 0 Å². The van der Waals surface area contributed by atoms with Crippen molar-refractivity contribution < 1.29 is 17.9 Å². The lowest BCUT2D eigenvalue weighted by Gasteiger charge is -2.24. The fourth-order valence-electron chi connectivity index (χ4n) is 2.40. The molecule has 3 aliphatic rings. The minimum absolute atomic E-state index is 0.0935. The number of carbonyl (C=O) groups is 1. The van der Waals surface area contributed by atoms with Gasteiger partial charge in [-0.1, -0.05) is 0 Å². The number of carbonyl (C=O) groups excluding carboxylic acids is 1. The maximum atomic E-state index is 12.0. The first kappa shape index (κ1) is 9.86. The van der Waals surface area contributed by atoms with E-state index in [4.69, 9.17) is 4.74 Å². The molecule has 0 aromatic rings. The first-order valence-electron chi connectivity index (χ1n) is 4.79. The van der Waals surface area contributed by atoms with Crippen LogP contribution in [0.5, 0.6) is 0 Å². The molecule has 2 saturated heterocycles. The van der Waals surface area contributed by atoms with Gasteiger partial charge in [0.15, 0.2) is 9.86 Å². The molecule has 1 spiro atoms. The molecule has 0 saturated carbocycles. The quantitative estimate of drug-likeness (QED) is 0.577. The molecular weight excluding hydrogens is 236 g/mol. The predicted octanol–water partition coefficient (Wildman–Crippen LogP) is -0.510. The molecule has 6 heteroatoms. The third-order valence-corrected chi connectivity index (χ3v) is 8.05. The summed E-state index contributed by atoms with van der Waals surface area (Å²) in [7, 11) is -2.28. The molecule has 3 heterocycles. The van der Waals surface area contributed by atoms with Gasteiger partial charge in [-0.25, -0.2) is 0 Å². The lowest BCUT2D eigenvalue weighted by atomic mass is 10.2.